The van der Waals surface area contributed by atoms with Gasteiger partial charge in [-0.15, -0.1) is 0 Å². The number of likely N-dealkylation sites (tertiary alicyclic amines) is 1. The Bertz CT molecular complexity index is 397. The minimum atomic E-state index is -0.923. The summed E-state index contributed by atoms with van der Waals surface area (Å²) in [4.78, 5) is 12.8. The van der Waals surface area contributed by atoms with E-state index in [-0.39, 0.29) is 0 Å². The predicted octanol–water partition coefficient (Wildman–Crippen LogP) is 0.900. The second-order valence-electron chi connectivity index (χ2n) is 4.93. The van der Waals surface area contributed by atoms with Gasteiger partial charge in [-0.3, -0.25) is 9.58 Å². The molecule has 100 valence electrons. The Morgan fingerprint density at radius 1 is 1.56 bits per heavy atom. The molecule has 0 saturated carbocycles. The monoisotopic (exact) mass is 252 g/mol. The van der Waals surface area contributed by atoms with E-state index in [4.69, 9.17) is 5.11 Å². The van der Waals surface area contributed by atoms with Crippen molar-refractivity contribution in [3.8, 4) is 0 Å². The topological polar surface area (TPSA) is 70.4 Å². The maximum absolute atomic E-state index is 10.4. The van der Waals surface area contributed by atoms with Crippen molar-refractivity contribution in [1.82, 2.24) is 20.0 Å². The molecule has 1 aliphatic rings. The number of aryl methyl sites for hydroxylation is 1. The summed E-state index contributed by atoms with van der Waals surface area (Å²) in [5.41, 5.74) is 1.24. The molecule has 1 aromatic heterocycles. The molecular weight excluding hydrogens is 232 g/mol. The second-order valence-corrected chi connectivity index (χ2v) is 4.93. The number of carbonyl (C=O) groups is 1. The van der Waals surface area contributed by atoms with Crippen LogP contribution in [-0.2, 0) is 13.6 Å². The van der Waals surface area contributed by atoms with Crippen molar-refractivity contribution in [2.45, 2.75) is 19.4 Å². The zero-order valence-corrected chi connectivity index (χ0v) is 10.7. The fourth-order valence-electron chi connectivity index (χ4n) is 2.39. The van der Waals surface area contributed by atoms with E-state index in [9.17, 15) is 4.79 Å². The Morgan fingerprint density at radius 2 is 2.28 bits per heavy atom. The van der Waals surface area contributed by atoms with Crippen molar-refractivity contribution < 1.29 is 9.90 Å². The highest BCUT2D eigenvalue weighted by atomic mass is 16.4. The lowest BCUT2D eigenvalue weighted by Crippen LogP contribution is -2.37. The largest absolute Gasteiger partial charge is 0.465 e. The highest BCUT2D eigenvalue weighted by Gasteiger charge is 2.19. The van der Waals surface area contributed by atoms with Crippen LogP contribution in [0.4, 0.5) is 4.79 Å². The van der Waals surface area contributed by atoms with Gasteiger partial charge in [0.05, 0.1) is 6.20 Å². The van der Waals surface area contributed by atoms with E-state index in [1.54, 1.807) is 0 Å². The first-order valence-electron chi connectivity index (χ1n) is 6.30. The van der Waals surface area contributed by atoms with Crippen LogP contribution < -0.4 is 5.32 Å². The van der Waals surface area contributed by atoms with Crippen LogP contribution in [0.3, 0.4) is 0 Å². The van der Waals surface area contributed by atoms with Crippen LogP contribution in [0.15, 0.2) is 12.4 Å². The average Bonchev–Trinajstić information content (AvgIpc) is 2.74. The van der Waals surface area contributed by atoms with Gasteiger partial charge in [-0.25, -0.2) is 4.79 Å². The van der Waals surface area contributed by atoms with Crippen LogP contribution in [0, 0.1) is 5.92 Å². The molecule has 0 radical (unpaired) electrons. The quantitative estimate of drug-likeness (QED) is 0.835. The Labute approximate surface area is 107 Å². The summed E-state index contributed by atoms with van der Waals surface area (Å²) in [6, 6.07) is 0. The molecule has 2 rings (SSSR count). The van der Waals surface area contributed by atoms with Crippen LogP contribution in [0.1, 0.15) is 18.4 Å². The van der Waals surface area contributed by atoms with Crippen molar-refractivity contribution in [1.29, 1.82) is 0 Å². The highest BCUT2D eigenvalue weighted by molar-refractivity contribution is 5.64. The molecule has 18 heavy (non-hydrogen) atoms. The van der Waals surface area contributed by atoms with E-state index < -0.39 is 6.09 Å². The minimum Gasteiger partial charge on any atom is -0.465 e. The van der Waals surface area contributed by atoms with Crippen molar-refractivity contribution >= 4 is 6.09 Å². The number of piperidine rings is 1. The van der Waals surface area contributed by atoms with E-state index in [1.165, 1.54) is 5.56 Å². The van der Waals surface area contributed by atoms with Gasteiger partial charge < -0.3 is 10.4 Å². The van der Waals surface area contributed by atoms with Crippen LogP contribution in [-0.4, -0.2) is 45.5 Å². The van der Waals surface area contributed by atoms with Crippen LogP contribution in [0.5, 0.6) is 0 Å². The van der Waals surface area contributed by atoms with Gasteiger partial charge in [-0.1, -0.05) is 0 Å². The predicted molar refractivity (Wildman–Crippen MR) is 67.2 cm³/mol. The molecule has 1 fully saturated rings. The van der Waals surface area contributed by atoms with Gasteiger partial charge in [0.1, 0.15) is 0 Å². The maximum Gasteiger partial charge on any atom is 0.404 e. The number of amides is 1. The second kappa shape index (κ2) is 5.86. The maximum atomic E-state index is 10.4. The zero-order chi connectivity index (χ0) is 13.0. The molecule has 2 heterocycles. The third-order valence-corrected chi connectivity index (χ3v) is 3.41. The number of carboxylic acid groups (broad SMARTS) is 1. The summed E-state index contributed by atoms with van der Waals surface area (Å²) in [6.07, 6.45) is 5.13. The van der Waals surface area contributed by atoms with E-state index >= 15 is 0 Å². The van der Waals surface area contributed by atoms with Crippen LogP contribution in [0.25, 0.3) is 0 Å². The Kier molecular flexibility index (Phi) is 4.19. The first-order valence-corrected chi connectivity index (χ1v) is 6.30. The van der Waals surface area contributed by atoms with E-state index in [0.717, 1.165) is 32.5 Å². The van der Waals surface area contributed by atoms with Crippen LogP contribution >= 0.6 is 0 Å². The van der Waals surface area contributed by atoms with Crippen molar-refractivity contribution in [2.24, 2.45) is 13.0 Å². The Morgan fingerprint density at radius 3 is 2.83 bits per heavy atom. The number of hydrogen-bond donors (Lipinski definition) is 2. The van der Waals surface area contributed by atoms with Gasteiger partial charge in [0, 0.05) is 31.9 Å². The Hall–Kier alpha value is -1.56. The zero-order valence-electron chi connectivity index (χ0n) is 10.7. The van der Waals surface area contributed by atoms with Gasteiger partial charge in [-0.05, 0) is 31.8 Å². The minimum absolute atomic E-state index is 0.478. The third-order valence-electron chi connectivity index (χ3n) is 3.41. The molecule has 0 unspecified atom stereocenters. The lowest BCUT2D eigenvalue weighted by Gasteiger charge is -2.31. The third kappa shape index (κ3) is 3.73. The van der Waals surface area contributed by atoms with Crippen molar-refractivity contribution in [2.75, 3.05) is 19.6 Å². The molecule has 6 nitrogen and oxygen atoms in total. The van der Waals surface area contributed by atoms with Gasteiger partial charge >= 0.3 is 6.09 Å². The Balaban J connectivity index is 1.71. The molecule has 2 N–H and O–H groups in total. The molecule has 0 atom stereocenters. The van der Waals surface area contributed by atoms with Gasteiger partial charge in [-0.2, -0.15) is 5.10 Å². The van der Waals surface area contributed by atoms with Gasteiger partial charge in [0.15, 0.2) is 0 Å². The molecule has 1 aliphatic heterocycles. The lowest BCUT2D eigenvalue weighted by molar-refractivity contribution is 0.166. The molecule has 0 aromatic carbocycles. The standard InChI is InChI=1S/C12H20N4O2/c1-15-8-11(7-14-15)9-16-4-2-10(3-5-16)6-13-12(17)18/h7-8,10,13H,2-6,9H2,1H3,(H,17,18). The molecule has 0 aliphatic carbocycles. The lowest BCUT2D eigenvalue weighted by atomic mass is 9.96. The van der Waals surface area contributed by atoms with Gasteiger partial charge in [0.2, 0.25) is 0 Å². The smallest absolute Gasteiger partial charge is 0.404 e. The number of nitrogens with zero attached hydrogens (tertiary/aromatic N) is 3. The first-order chi connectivity index (χ1) is 8.63. The van der Waals surface area contributed by atoms with Crippen molar-refractivity contribution in [3.63, 3.8) is 0 Å². The van der Waals surface area contributed by atoms with E-state index in [1.807, 2.05) is 24.1 Å². The fourth-order valence-corrected chi connectivity index (χ4v) is 2.39. The number of rotatable bonds is 4. The fraction of sp³-hybridized carbons (Fsp3) is 0.667. The van der Waals surface area contributed by atoms with E-state index in [0.29, 0.717) is 12.5 Å². The molecular formula is C12H20N4O2. The first kappa shape index (κ1) is 12.9. The van der Waals surface area contributed by atoms with Gasteiger partial charge in [0.25, 0.3) is 0 Å². The molecule has 1 saturated heterocycles. The molecule has 1 aromatic rings. The molecule has 1 amide bonds. The number of aromatic nitrogens is 2. The summed E-state index contributed by atoms with van der Waals surface area (Å²) in [7, 11) is 1.92. The summed E-state index contributed by atoms with van der Waals surface area (Å²) < 4.78 is 1.82. The van der Waals surface area contributed by atoms with Crippen LogP contribution in [0.2, 0.25) is 0 Å². The highest BCUT2D eigenvalue weighted by Crippen LogP contribution is 2.18. The molecule has 6 heteroatoms. The molecule has 0 spiro atoms. The SMILES string of the molecule is Cn1cc(CN2CCC(CNC(=O)O)CC2)cn1. The van der Waals surface area contributed by atoms with E-state index in [2.05, 4.69) is 15.3 Å². The van der Waals surface area contributed by atoms with Crippen molar-refractivity contribution in [3.05, 3.63) is 18.0 Å². The summed E-state index contributed by atoms with van der Waals surface area (Å²) in [5, 5.41) is 15.2. The number of hydrogen-bond acceptors (Lipinski definition) is 3. The molecule has 0 bridgehead atoms. The summed E-state index contributed by atoms with van der Waals surface area (Å²) in [6.45, 7) is 3.57. The normalized spacial score (nSPS) is 17.8. The average molecular weight is 252 g/mol. The number of nitrogens with one attached hydrogen (secondary N) is 1. The summed E-state index contributed by atoms with van der Waals surface area (Å²) in [5.74, 6) is 0.478. The summed E-state index contributed by atoms with van der Waals surface area (Å²) >= 11 is 0.